The molecule has 6 heteroatoms. The van der Waals surface area contributed by atoms with Gasteiger partial charge in [0, 0.05) is 37.1 Å². The summed E-state index contributed by atoms with van der Waals surface area (Å²) in [6.07, 6.45) is 2.01. The summed E-state index contributed by atoms with van der Waals surface area (Å²) < 4.78 is 16.2. The first-order valence-corrected chi connectivity index (χ1v) is 8.85. The molecule has 2 aromatic carbocycles. The highest BCUT2D eigenvalue weighted by atomic mass is 19.1. The zero-order valence-electron chi connectivity index (χ0n) is 15.2. The standard InChI is InChI=1S/C21H20FN3O2/c1-13-6-7-19(16(22)10-13)25-12-14(11-20(25)26)21(27)23-17-4-3-5-18-15(17)8-9-24(18)2/h3-10,14H,11-12H2,1-2H3,(H,23,27). The van der Waals surface area contributed by atoms with Gasteiger partial charge in [0.1, 0.15) is 5.82 Å². The fourth-order valence-electron chi connectivity index (χ4n) is 3.59. The number of carbonyl (C=O) groups excluding carboxylic acids is 2. The SMILES string of the molecule is Cc1ccc(N2CC(C(=O)Nc3cccc4c3ccn4C)CC2=O)c(F)c1. The summed E-state index contributed by atoms with van der Waals surface area (Å²) in [5, 5.41) is 3.88. The number of hydrogen-bond donors (Lipinski definition) is 1. The molecule has 4 rings (SSSR count). The van der Waals surface area contributed by atoms with Gasteiger partial charge in [-0.2, -0.15) is 0 Å². The predicted octanol–water partition coefficient (Wildman–Crippen LogP) is 3.62. The maximum Gasteiger partial charge on any atom is 0.229 e. The Hall–Kier alpha value is -3.15. The Balaban J connectivity index is 1.54. The molecule has 1 N–H and O–H groups in total. The van der Waals surface area contributed by atoms with Crippen LogP contribution in [-0.2, 0) is 16.6 Å². The fraction of sp³-hybridized carbons (Fsp3) is 0.238. The van der Waals surface area contributed by atoms with E-state index in [1.54, 1.807) is 19.1 Å². The number of rotatable bonds is 3. The van der Waals surface area contributed by atoms with Crippen LogP contribution in [0.3, 0.4) is 0 Å². The van der Waals surface area contributed by atoms with Crippen molar-refractivity contribution in [2.75, 3.05) is 16.8 Å². The number of benzene rings is 2. The van der Waals surface area contributed by atoms with E-state index in [0.717, 1.165) is 16.5 Å². The third kappa shape index (κ3) is 3.07. The molecule has 5 nitrogen and oxygen atoms in total. The van der Waals surface area contributed by atoms with E-state index < -0.39 is 11.7 Å². The van der Waals surface area contributed by atoms with E-state index >= 15 is 0 Å². The summed E-state index contributed by atoms with van der Waals surface area (Å²) in [5.41, 5.74) is 2.74. The molecule has 0 spiro atoms. The summed E-state index contributed by atoms with van der Waals surface area (Å²) in [6.45, 7) is 1.97. The lowest BCUT2D eigenvalue weighted by Gasteiger charge is -2.18. The molecule has 27 heavy (non-hydrogen) atoms. The minimum absolute atomic E-state index is 0.0733. The van der Waals surface area contributed by atoms with Crippen LogP contribution in [0.4, 0.5) is 15.8 Å². The summed E-state index contributed by atoms with van der Waals surface area (Å²) in [5.74, 6) is -1.43. The number of amides is 2. The monoisotopic (exact) mass is 365 g/mol. The highest BCUT2D eigenvalue weighted by molar-refractivity contribution is 6.06. The van der Waals surface area contributed by atoms with Crippen molar-refractivity contribution in [1.82, 2.24) is 4.57 Å². The molecule has 0 bridgehead atoms. The second-order valence-corrected chi connectivity index (χ2v) is 7.01. The Morgan fingerprint density at radius 2 is 2.04 bits per heavy atom. The number of fused-ring (bicyclic) bond motifs is 1. The van der Waals surface area contributed by atoms with E-state index in [2.05, 4.69) is 5.32 Å². The molecule has 0 radical (unpaired) electrons. The van der Waals surface area contributed by atoms with Gasteiger partial charge < -0.3 is 14.8 Å². The summed E-state index contributed by atoms with van der Waals surface area (Å²) in [4.78, 5) is 26.5. The number of halogens is 1. The van der Waals surface area contributed by atoms with Crippen LogP contribution in [0.1, 0.15) is 12.0 Å². The van der Waals surface area contributed by atoms with Crippen LogP contribution < -0.4 is 10.2 Å². The van der Waals surface area contributed by atoms with Crippen LogP contribution in [0.2, 0.25) is 0 Å². The van der Waals surface area contributed by atoms with Crippen molar-refractivity contribution in [3.63, 3.8) is 0 Å². The van der Waals surface area contributed by atoms with E-state index in [-0.39, 0.29) is 30.5 Å². The normalized spacial score (nSPS) is 16.9. The quantitative estimate of drug-likeness (QED) is 0.771. The maximum atomic E-state index is 14.2. The van der Waals surface area contributed by atoms with Gasteiger partial charge in [-0.25, -0.2) is 4.39 Å². The van der Waals surface area contributed by atoms with Crippen molar-refractivity contribution < 1.29 is 14.0 Å². The molecule has 1 aromatic heterocycles. The van der Waals surface area contributed by atoms with E-state index in [1.807, 2.05) is 42.1 Å². The van der Waals surface area contributed by atoms with Gasteiger partial charge in [-0.05, 0) is 42.8 Å². The Morgan fingerprint density at radius 1 is 1.22 bits per heavy atom. The van der Waals surface area contributed by atoms with Gasteiger partial charge >= 0.3 is 0 Å². The van der Waals surface area contributed by atoms with Crippen LogP contribution in [0, 0.1) is 18.7 Å². The van der Waals surface area contributed by atoms with Crippen LogP contribution in [-0.4, -0.2) is 22.9 Å². The molecule has 1 fully saturated rings. The zero-order chi connectivity index (χ0) is 19.1. The Labute approximate surface area is 156 Å². The Bertz CT molecular complexity index is 1060. The van der Waals surface area contributed by atoms with Crippen molar-refractivity contribution in [3.05, 3.63) is 60.0 Å². The molecule has 3 aromatic rings. The molecule has 1 aliphatic rings. The number of nitrogens with zero attached hydrogens (tertiary/aromatic N) is 2. The van der Waals surface area contributed by atoms with Crippen LogP contribution >= 0.6 is 0 Å². The average Bonchev–Trinajstić information content (AvgIpc) is 3.19. The second-order valence-electron chi connectivity index (χ2n) is 7.01. The molecule has 0 aliphatic carbocycles. The number of anilines is 2. The molecule has 1 unspecified atom stereocenters. The zero-order valence-corrected chi connectivity index (χ0v) is 15.2. The van der Waals surface area contributed by atoms with Gasteiger partial charge in [0.05, 0.1) is 17.3 Å². The number of hydrogen-bond acceptors (Lipinski definition) is 2. The molecule has 2 amide bonds. The van der Waals surface area contributed by atoms with Crippen molar-refractivity contribution >= 4 is 34.1 Å². The topological polar surface area (TPSA) is 54.3 Å². The van der Waals surface area contributed by atoms with Crippen LogP contribution in [0.5, 0.6) is 0 Å². The van der Waals surface area contributed by atoms with E-state index in [1.165, 1.54) is 11.0 Å². The summed E-state index contributed by atoms with van der Waals surface area (Å²) in [7, 11) is 1.94. The summed E-state index contributed by atoms with van der Waals surface area (Å²) in [6, 6.07) is 12.4. The van der Waals surface area contributed by atoms with Crippen LogP contribution in [0.25, 0.3) is 10.9 Å². The van der Waals surface area contributed by atoms with Crippen molar-refractivity contribution in [3.8, 4) is 0 Å². The third-order valence-electron chi connectivity index (χ3n) is 5.08. The molecule has 1 saturated heterocycles. The van der Waals surface area contributed by atoms with Gasteiger partial charge in [-0.15, -0.1) is 0 Å². The molecular formula is C21H20FN3O2. The highest BCUT2D eigenvalue weighted by Crippen LogP contribution is 2.30. The first-order valence-electron chi connectivity index (χ1n) is 8.85. The van der Waals surface area contributed by atoms with Gasteiger partial charge in [-0.1, -0.05) is 12.1 Å². The van der Waals surface area contributed by atoms with Gasteiger partial charge in [0.2, 0.25) is 11.8 Å². The second kappa shape index (κ2) is 6.54. The fourth-order valence-corrected chi connectivity index (χ4v) is 3.59. The largest absolute Gasteiger partial charge is 0.350 e. The molecule has 1 atom stereocenters. The third-order valence-corrected chi connectivity index (χ3v) is 5.08. The first-order chi connectivity index (χ1) is 12.9. The Kier molecular flexibility index (Phi) is 4.18. The average molecular weight is 365 g/mol. The minimum atomic E-state index is -0.517. The molecule has 2 heterocycles. The lowest BCUT2D eigenvalue weighted by Crippen LogP contribution is -2.28. The number of carbonyl (C=O) groups is 2. The van der Waals surface area contributed by atoms with Gasteiger partial charge in [0.25, 0.3) is 0 Å². The number of aromatic nitrogens is 1. The first kappa shape index (κ1) is 17.3. The van der Waals surface area contributed by atoms with Gasteiger partial charge in [0.15, 0.2) is 0 Å². The lowest BCUT2D eigenvalue weighted by molar-refractivity contribution is -0.122. The molecule has 138 valence electrons. The molecular weight excluding hydrogens is 345 g/mol. The van der Waals surface area contributed by atoms with Gasteiger partial charge in [-0.3, -0.25) is 9.59 Å². The van der Waals surface area contributed by atoms with Crippen molar-refractivity contribution in [1.29, 1.82) is 0 Å². The lowest BCUT2D eigenvalue weighted by atomic mass is 10.1. The molecule has 1 aliphatic heterocycles. The van der Waals surface area contributed by atoms with E-state index in [9.17, 15) is 14.0 Å². The van der Waals surface area contributed by atoms with Crippen molar-refractivity contribution in [2.24, 2.45) is 13.0 Å². The van der Waals surface area contributed by atoms with E-state index in [4.69, 9.17) is 0 Å². The maximum absolute atomic E-state index is 14.2. The molecule has 0 saturated carbocycles. The Morgan fingerprint density at radius 3 is 2.81 bits per heavy atom. The smallest absolute Gasteiger partial charge is 0.229 e. The highest BCUT2D eigenvalue weighted by Gasteiger charge is 2.36. The number of nitrogens with one attached hydrogen (secondary N) is 1. The number of aryl methyl sites for hydroxylation is 2. The minimum Gasteiger partial charge on any atom is -0.350 e. The van der Waals surface area contributed by atoms with Crippen molar-refractivity contribution in [2.45, 2.75) is 13.3 Å². The summed E-state index contributed by atoms with van der Waals surface area (Å²) >= 11 is 0. The van der Waals surface area contributed by atoms with E-state index in [0.29, 0.717) is 5.69 Å². The predicted molar refractivity (Wildman–Crippen MR) is 103 cm³/mol. The van der Waals surface area contributed by atoms with Crippen LogP contribution in [0.15, 0.2) is 48.7 Å².